The van der Waals surface area contributed by atoms with Gasteiger partial charge in [-0.15, -0.1) is 0 Å². The summed E-state index contributed by atoms with van der Waals surface area (Å²) in [6.45, 7) is 6.08. The lowest BCUT2D eigenvalue weighted by Gasteiger charge is -2.29. The van der Waals surface area contributed by atoms with Gasteiger partial charge in [-0.3, -0.25) is 10.1 Å². The number of benzene rings is 1. The van der Waals surface area contributed by atoms with Gasteiger partial charge in [-0.05, 0) is 32.9 Å². The van der Waals surface area contributed by atoms with Crippen molar-refractivity contribution in [3.05, 3.63) is 28.3 Å². The number of nitrogens with zero attached hydrogens (tertiary/aromatic N) is 2. The zero-order valence-corrected chi connectivity index (χ0v) is 11.7. The predicted octanol–water partition coefficient (Wildman–Crippen LogP) is 2.20. The number of methoxy groups -OCH3 is 1. The van der Waals surface area contributed by atoms with E-state index in [1.807, 2.05) is 6.92 Å². The van der Waals surface area contributed by atoms with Gasteiger partial charge in [-0.25, -0.2) is 0 Å². The van der Waals surface area contributed by atoms with E-state index in [0.29, 0.717) is 18.8 Å². The summed E-state index contributed by atoms with van der Waals surface area (Å²) in [5.41, 5.74) is -0.558. The molecule has 0 amide bonds. The second-order valence-corrected chi connectivity index (χ2v) is 4.91. The molecule has 0 spiro atoms. The van der Waals surface area contributed by atoms with Crippen molar-refractivity contribution < 1.29 is 14.8 Å². The Balaban J connectivity index is 3.27. The molecule has 6 nitrogen and oxygen atoms in total. The monoisotopic (exact) mass is 268 g/mol. The molecule has 0 unspecified atom stereocenters. The Labute approximate surface area is 112 Å². The lowest BCUT2D eigenvalue weighted by molar-refractivity contribution is -0.385. The van der Waals surface area contributed by atoms with Crippen LogP contribution in [-0.4, -0.2) is 35.8 Å². The summed E-state index contributed by atoms with van der Waals surface area (Å²) < 4.78 is 5.04. The van der Waals surface area contributed by atoms with Crippen molar-refractivity contribution in [1.29, 1.82) is 0 Å². The Kier molecular flexibility index (Phi) is 4.72. The predicted molar refractivity (Wildman–Crippen MR) is 73.8 cm³/mol. The van der Waals surface area contributed by atoms with E-state index in [0.717, 1.165) is 0 Å². The fraction of sp³-hybridized carbons (Fsp3) is 0.538. The minimum absolute atomic E-state index is 0.0731. The molecule has 0 aliphatic rings. The summed E-state index contributed by atoms with van der Waals surface area (Å²) in [6, 6.07) is 4.92. The van der Waals surface area contributed by atoms with Crippen molar-refractivity contribution in [1.82, 2.24) is 0 Å². The zero-order chi connectivity index (χ0) is 14.6. The van der Waals surface area contributed by atoms with Crippen LogP contribution in [0.25, 0.3) is 0 Å². The lowest BCUT2D eigenvalue weighted by Crippen LogP contribution is -2.38. The molecule has 0 aliphatic heterocycles. The molecule has 0 atom stereocenters. The standard InChI is InChI=1S/C13H20N2O4/c1-5-14(9-13(2,3)16)10-7-6-8-11(19-4)12(10)15(17)18/h6-8,16H,5,9H2,1-4H3. The lowest BCUT2D eigenvalue weighted by atomic mass is 10.1. The number of para-hydroxylation sites is 1. The molecule has 19 heavy (non-hydrogen) atoms. The quantitative estimate of drug-likeness (QED) is 0.632. The largest absolute Gasteiger partial charge is 0.490 e. The number of hydrogen-bond donors (Lipinski definition) is 1. The summed E-state index contributed by atoms with van der Waals surface area (Å²) in [5, 5.41) is 21.1. The molecule has 1 N–H and O–H groups in total. The van der Waals surface area contributed by atoms with E-state index >= 15 is 0 Å². The summed E-state index contributed by atoms with van der Waals surface area (Å²) in [7, 11) is 1.40. The van der Waals surface area contributed by atoms with E-state index in [-0.39, 0.29) is 11.4 Å². The first-order valence-corrected chi connectivity index (χ1v) is 6.09. The summed E-state index contributed by atoms with van der Waals surface area (Å²) in [4.78, 5) is 12.5. The number of aliphatic hydroxyl groups is 1. The van der Waals surface area contributed by atoms with Crippen molar-refractivity contribution in [2.75, 3.05) is 25.1 Å². The number of hydrogen-bond acceptors (Lipinski definition) is 5. The molecule has 0 aliphatic carbocycles. The zero-order valence-electron chi connectivity index (χ0n) is 11.7. The van der Waals surface area contributed by atoms with E-state index in [1.165, 1.54) is 7.11 Å². The smallest absolute Gasteiger partial charge is 0.333 e. The molecule has 6 heteroatoms. The summed E-state index contributed by atoms with van der Waals surface area (Å²) in [5.74, 6) is 0.219. The fourth-order valence-electron chi connectivity index (χ4n) is 1.95. The van der Waals surface area contributed by atoms with Gasteiger partial charge in [0.1, 0.15) is 5.69 Å². The Morgan fingerprint density at radius 3 is 2.53 bits per heavy atom. The Morgan fingerprint density at radius 1 is 1.47 bits per heavy atom. The molecule has 0 bridgehead atoms. The highest BCUT2D eigenvalue weighted by Gasteiger charge is 2.26. The Bertz CT molecular complexity index is 454. The van der Waals surface area contributed by atoms with Crippen LogP contribution in [-0.2, 0) is 0 Å². The molecule has 0 saturated carbocycles. The highest BCUT2D eigenvalue weighted by molar-refractivity contribution is 5.69. The third-order valence-electron chi connectivity index (χ3n) is 2.68. The maximum Gasteiger partial charge on any atom is 0.333 e. The molecule has 106 valence electrons. The van der Waals surface area contributed by atoms with Crippen LogP contribution in [0.1, 0.15) is 20.8 Å². The third kappa shape index (κ3) is 3.82. The van der Waals surface area contributed by atoms with Crippen LogP contribution in [0.5, 0.6) is 5.75 Å². The van der Waals surface area contributed by atoms with Gasteiger partial charge in [0.2, 0.25) is 0 Å². The highest BCUT2D eigenvalue weighted by atomic mass is 16.6. The average Bonchev–Trinajstić information content (AvgIpc) is 2.33. The fourth-order valence-corrected chi connectivity index (χ4v) is 1.95. The molecule has 0 radical (unpaired) electrons. The van der Waals surface area contributed by atoms with Gasteiger partial charge in [0.15, 0.2) is 5.75 Å². The van der Waals surface area contributed by atoms with Crippen LogP contribution in [0.3, 0.4) is 0 Å². The van der Waals surface area contributed by atoms with Gasteiger partial charge >= 0.3 is 5.69 Å². The van der Waals surface area contributed by atoms with E-state index in [1.54, 1.807) is 36.9 Å². The number of likely N-dealkylation sites (N-methyl/N-ethyl adjacent to an activating group) is 1. The molecule has 1 aromatic rings. The number of anilines is 1. The van der Waals surface area contributed by atoms with Gasteiger partial charge in [-0.2, -0.15) is 0 Å². The van der Waals surface area contributed by atoms with E-state index < -0.39 is 10.5 Å². The molecule has 0 saturated heterocycles. The molecular formula is C13H20N2O4. The topological polar surface area (TPSA) is 75.8 Å². The summed E-state index contributed by atoms with van der Waals surface area (Å²) in [6.07, 6.45) is 0. The molecule has 1 aromatic carbocycles. The minimum atomic E-state index is -0.938. The Morgan fingerprint density at radius 2 is 2.11 bits per heavy atom. The van der Waals surface area contributed by atoms with Gasteiger partial charge in [0.25, 0.3) is 0 Å². The van der Waals surface area contributed by atoms with Crippen LogP contribution in [0, 0.1) is 10.1 Å². The first-order chi connectivity index (χ1) is 8.80. The van der Waals surface area contributed by atoms with Gasteiger partial charge < -0.3 is 14.7 Å². The van der Waals surface area contributed by atoms with Crippen molar-refractivity contribution in [3.8, 4) is 5.75 Å². The Hall–Kier alpha value is -1.82. The maximum absolute atomic E-state index is 11.2. The number of rotatable bonds is 6. The highest BCUT2D eigenvalue weighted by Crippen LogP contribution is 2.37. The second kappa shape index (κ2) is 5.88. The van der Waals surface area contributed by atoms with Crippen LogP contribution in [0.4, 0.5) is 11.4 Å². The van der Waals surface area contributed by atoms with Gasteiger partial charge in [0, 0.05) is 13.1 Å². The minimum Gasteiger partial charge on any atom is -0.490 e. The molecule has 0 fully saturated rings. The normalized spacial score (nSPS) is 11.2. The van der Waals surface area contributed by atoms with Crippen LogP contribution in [0.15, 0.2) is 18.2 Å². The van der Waals surface area contributed by atoms with Crippen LogP contribution < -0.4 is 9.64 Å². The van der Waals surface area contributed by atoms with Crippen LogP contribution >= 0.6 is 0 Å². The molecule has 1 rings (SSSR count). The van der Waals surface area contributed by atoms with Gasteiger partial charge in [0.05, 0.1) is 17.6 Å². The van der Waals surface area contributed by atoms with E-state index in [4.69, 9.17) is 4.74 Å². The molecule has 0 heterocycles. The number of nitro groups is 1. The van der Waals surface area contributed by atoms with Gasteiger partial charge in [-0.1, -0.05) is 6.07 Å². The number of nitro benzene ring substituents is 1. The third-order valence-corrected chi connectivity index (χ3v) is 2.68. The second-order valence-electron chi connectivity index (χ2n) is 4.91. The van der Waals surface area contributed by atoms with Crippen molar-refractivity contribution in [2.24, 2.45) is 0 Å². The molecule has 0 aromatic heterocycles. The van der Waals surface area contributed by atoms with Crippen molar-refractivity contribution in [3.63, 3.8) is 0 Å². The van der Waals surface area contributed by atoms with Crippen LogP contribution in [0.2, 0.25) is 0 Å². The number of ether oxygens (including phenoxy) is 1. The average molecular weight is 268 g/mol. The SMILES string of the molecule is CCN(CC(C)(C)O)c1cccc(OC)c1[N+](=O)[O-]. The first-order valence-electron chi connectivity index (χ1n) is 6.09. The van der Waals surface area contributed by atoms with Crippen molar-refractivity contribution in [2.45, 2.75) is 26.4 Å². The van der Waals surface area contributed by atoms with Crippen molar-refractivity contribution >= 4 is 11.4 Å². The summed E-state index contributed by atoms with van der Waals surface area (Å²) >= 11 is 0. The molecular weight excluding hydrogens is 248 g/mol. The first kappa shape index (κ1) is 15.2. The van der Waals surface area contributed by atoms with E-state index in [2.05, 4.69) is 0 Å². The van der Waals surface area contributed by atoms with E-state index in [9.17, 15) is 15.2 Å². The maximum atomic E-state index is 11.2.